The predicted octanol–water partition coefficient (Wildman–Crippen LogP) is 5.44. The second-order valence-electron chi connectivity index (χ2n) is 8.49. The van der Waals surface area contributed by atoms with Crippen LogP contribution in [-0.2, 0) is 16.1 Å². The van der Waals surface area contributed by atoms with Crippen LogP contribution in [0, 0.1) is 23.7 Å². The first-order valence-electron chi connectivity index (χ1n) is 10.3. The fraction of sp³-hybridized carbons (Fsp3) is 0.348. The Morgan fingerprint density at radius 2 is 1.47 bits per heavy atom. The van der Waals surface area contributed by atoms with Crippen molar-refractivity contribution in [1.82, 2.24) is 10.0 Å². The maximum Gasteiger partial charge on any atom is 0.273 e. The molecule has 1 aliphatic heterocycles. The number of carbonyl (C=O) groups is 3. The Labute approximate surface area is 215 Å². The van der Waals surface area contributed by atoms with E-state index in [1.165, 1.54) is 5.01 Å². The van der Waals surface area contributed by atoms with Crippen LogP contribution in [0.15, 0.2) is 53.0 Å². The number of carbonyl (C=O) groups excluding carboxylic acids is 3. The minimum absolute atomic E-state index is 0.0796. The van der Waals surface area contributed by atoms with Gasteiger partial charge in [0, 0.05) is 24.7 Å². The number of amides is 3. The number of hydrazine groups is 1. The number of fused-ring (bicyclic) bond motifs is 5. The lowest BCUT2D eigenvalue weighted by Gasteiger charge is -2.31. The third-order valence-electron chi connectivity index (χ3n) is 6.78. The summed E-state index contributed by atoms with van der Waals surface area (Å²) in [5, 5.41) is 2.91. The number of nitrogens with zero attached hydrogens (tertiary/aromatic N) is 2. The number of imide groups is 1. The highest BCUT2D eigenvalue weighted by Crippen LogP contribution is 2.60. The lowest BCUT2D eigenvalue weighted by atomic mass is 9.81. The average Bonchev–Trinajstić information content (AvgIpc) is 3.39. The van der Waals surface area contributed by atoms with Crippen molar-refractivity contribution in [3.05, 3.63) is 69.2 Å². The minimum Gasteiger partial charge on any atom is -0.272 e. The van der Waals surface area contributed by atoms with E-state index >= 15 is 0 Å². The van der Waals surface area contributed by atoms with Gasteiger partial charge in [0.25, 0.3) is 17.7 Å². The van der Waals surface area contributed by atoms with Gasteiger partial charge < -0.3 is 0 Å². The molecule has 9 heteroatoms. The summed E-state index contributed by atoms with van der Waals surface area (Å²) in [6.07, 6.45) is 0.838. The first-order valence-corrected chi connectivity index (χ1v) is 13.3. The van der Waals surface area contributed by atoms with E-state index in [0.29, 0.717) is 10.6 Å². The summed E-state index contributed by atoms with van der Waals surface area (Å²) >= 11 is 16.8. The summed E-state index contributed by atoms with van der Waals surface area (Å²) in [7, 11) is 0. The molecular weight excluding hydrogens is 627 g/mol. The molecule has 2 saturated carbocycles. The predicted molar refractivity (Wildman–Crippen MR) is 131 cm³/mol. The maximum atomic E-state index is 13.6. The highest BCUT2D eigenvalue weighted by Gasteiger charge is 2.67. The zero-order valence-corrected chi connectivity index (χ0v) is 22.1. The molecule has 32 heavy (non-hydrogen) atoms. The molecule has 3 aliphatic rings. The molecule has 5 nitrogen and oxygen atoms in total. The van der Waals surface area contributed by atoms with Crippen molar-refractivity contribution in [2.24, 2.45) is 23.7 Å². The van der Waals surface area contributed by atoms with Gasteiger partial charge in [-0.1, -0.05) is 71.5 Å². The van der Waals surface area contributed by atoms with Crippen LogP contribution >= 0.6 is 59.4 Å². The molecule has 2 aliphatic carbocycles. The monoisotopic (exact) mass is 642 g/mol. The Bertz CT molecular complexity index is 1060. The van der Waals surface area contributed by atoms with Gasteiger partial charge >= 0.3 is 0 Å². The Morgan fingerprint density at radius 3 is 2.00 bits per heavy atom. The van der Waals surface area contributed by atoms with E-state index in [2.05, 4.69) is 47.8 Å². The molecule has 5 rings (SSSR count). The summed E-state index contributed by atoms with van der Waals surface area (Å²) in [4.78, 5) is 40.9. The second kappa shape index (κ2) is 8.53. The van der Waals surface area contributed by atoms with Crippen LogP contribution in [0.25, 0.3) is 0 Å². The molecule has 0 N–H and O–H groups in total. The van der Waals surface area contributed by atoms with E-state index in [1.807, 2.05) is 24.3 Å². The third kappa shape index (κ3) is 3.58. The van der Waals surface area contributed by atoms with Gasteiger partial charge in [-0.2, -0.15) is 5.01 Å². The van der Waals surface area contributed by atoms with Crippen LogP contribution in [-0.4, -0.2) is 37.4 Å². The summed E-state index contributed by atoms with van der Waals surface area (Å²) < 4.78 is 0.906. The van der Waals surface area contributed by atoms with Crippen molar-refractivity contribution in [2.75, 3.05) is 0 Å². The summed E-state index contributed by atoms with van der Waals surface area (Å²) in [5.74, 6) is -1.60. The molecule has 166 valence electrons. The largest absolute Gasteiger partial charge is 0.273 e. The van der Waals surface area contributed by atoms with Gasteiger partial charge in [0.15, 0.2) is 0 Å². The molecule has 2 aromatic carbocycles. The number of hydrogen-bond acceptors (Lipinski definition) is 3. The lowest BCUT2D eigenvalue weighted by molar-refractivity contribution is -0.156. The summed E-state index contributed by atoms with van der Waals surface area (Å²) in [6, 6.07) is 13.9. The second-order valence-corrected chi connectivity index (χ2v) is 12.0. The number of benzene rings is 2. The zero-order valence-electron chi connectivity index (χ0n) is 16.6. The molecule has 3 amide bonds. The number of halogens is 4. The standard InChI is InChI=1S/C23H18Br3ClN2O3/c24-13-5-1-11(2-6-13)10-28(21(30)12-3-7-14(27)8-4-12)29-22(31)17-15-9-16(18(17)23(29)32)20(26)19(15)25/h1-8,15-20H,9-10H2/t15-,16-,17-,18+,19+,20+/m1/s1. The number of hydrogen-bond donors (Lipinski definition) is 0. The van der Waals surface area contributed by atoms with Crippen LogP contribution in [0.1, 0.15) is 22.3 Å². The van der Waals surface area contributed by atoms with Crippen LogP contribution in [0.4, 0.5) is 0 Å². The normalized spacial score (nSPS) is 30.7. The molecule has 1 heterocycles. The van der Waals surface area contributed by atoms with Crippen LogP contribution < -0.4 is 0 Å². The van der Waals surface area contributed by atoms with E-state index in [-0.39, 0.29) is 39.8 Å². The van der Waals surface area contributed by atoms with Crippen LogP contribution in [0.5, 0.6) is 0 Å². The highest BCUT2D eigenvalue weighted by molar-refractivity contribution is 9.12. The van der Waals surface area contributed by atoms with Gasteiger partial charge in [-0.3, -0.25) is 14.4 Å². The number of rotatable bonds is 4. The van der Waals surface area contributed by atoms with Crippen molar-refractivity contribution in [2.45, 2.75) is 22.6 Å². The first kappa shape index (κ1) is 22.6. The van der Waals surface area contributed by atoms with Gasteiger partial charge in [0.2, 0.25) is 0 Å². The van der Waals surface area contributed by atoms with Crippen molar-refractivity contribution in [1.29, 1.82) is 0 Å². The molecule has 2 aromatic rings. The van der Waals surface area contributed by atoms with Gasteiger partial charge in [0.05, 0.1) is 18.4 Å². The minimum atomic E-state index is -0.413. The van der Waals surface area contributed by atoms with Crippen molar-refractivity contribution in [3.63, 3.8) is 0 Å². The van der Waals surface area contributed by atoms with Crippen LogP contribution in [0.2, 0.25) is 5.02 Å². The van der Waals surface area contributed by atoms with Gasteiger partial charge in [-0.05, 0) is 60.2 Å². The molecule has 3 fully saturated rings. The summed E-state index contributed by atoms with van der Waals surface area (Å²) in [5.41, 5.74) is 1.18. The molecule has 0 spiro atoms. The van der Waals surface area contributed by atoms with Crippen molar-refractivity contribution >= 4 is 77.1 Å². The molecule has 0 aromatic heterocycles. The van der Waals surface area contributed by atoms with E-state index < -0.39 is 17.7 Å². The summed E-state index contributed by atoms with van der Waals surface area (Å²) in [6.45, 7) is 0.108. The fourth-order valence-electron chi connectivity index (χ4n) is 5.31. The Kier molecular flexibility index (Phi) is 6.01. The highest BCUT2D eigenvalue weighted by atomic mass is 79.9. The van der Waals surface area contributed by atoms with E-state index in [0.717, 1.165) is 21.5 Å². The molecule has 0 radical (unpaired) electrons. The van der Waals surface area contributed by atoms with E-state index in [9.17, 15) is 14.4 Å². The van der Waals surface area contributed by atoms with Crippen molar-refractivity contribution < 1.29 is 14.4 Å². The average molecular weight is 646 g/mol. The third-order valence-corrected chi connectivity index (χ3v) is 10.8. The van der Waals surface area contributed by atoms with Crippen LogP contribution in [0.3, 0.4) is 0 Å². The Morgan fingerprint density at radius 1 is 0.938 bits per heavy atom. The fourth-order valence-corrected chi connectivity index (χ4v) is 7.57. The van der Waals surface area contributed by atoms with Crippen molar-refractivity contribution in [3.8, 4) is 0 Å². The smallest absolute Gasteiger partial charge is 0.272 e. The quantitative estimate of drug-likeness (QED) is 0.329. The maximum absolute atomic E-state index is 13.6. The number of alkyl halides is 2. The van der Waals surface area contributed by atoms with E-state index in [1.54, 1.807) is 24.3 Å². The van der Waals surface area contributed by atoms with E-state index in [4.69, 9.17) is 11.6 Å². The lowest BCUT2D eigenvalue weighted by Crippen LogP contribution is -2.50. The Hall–Kier alpha value is -1.22. The van der Waals surface area contributed by atoms with Gasteiger partial charge in [-0.25, -0.2) is 5.01 Å². The zero-order chi connectivity index (χ0) is 22.7. The molecular formula is C23H18Br3ClN2O3. The topological polar surface area (TPSA) is 57.7 Å². The SMILES string of the molecule is O=C(c1ccc(Cl)cc1)N(Cc1ccc(Br)cc1)N1C(=O)[C@@H]2[C@H]3C[C@@H]([C@H](Br)[C@H]3Br)[C@@H]2C1=O. The van der Waals surface area contributed by atoms with Gasteiger partial charge in [0.1, 0.15) is 0 Å². The first-order chi connectivity index (χ1) is 15.3. The molecule has 2 bridgehead atoms. The molecule has 1 saturated heterocycles. The van der Waals surface area contributed by atoms with Gasteiger partial charge in [-0.15, -0.1) is 0 Å². The molecule has 0 unspecified atom stereocenters. The Balaban J connectivity index is 1.52. The molecule has 6 atom stereocenters.